The van der Waals surface area contributed by atoms with Gasteiger partial charge in [-0.1, -0.05) is 30.3 Å². The number of nitrogens with one attached hydrogen (secondary N) is 1. The van der Waals surface area contributed by atoms with Crippen LogP contribution >= 0.6 is 0 Å². The maximum atomic E-state index is 12.3. The van der Waals surface area contributed by atoms with Crippen molar-refractivity contribution in [3.8, 4) is 0 Å². The van der Waals surface area contributed by atoms with E-state index in [4.69, 9.17) is 15.9 Å². The third-order valence-corrected chi connectivity index (χ3v) is 5.10. The molecule has 7 heteroatoms. The molecule has 0 aliphatic carbocycles. The van der Waals surface area contributed by atoms with Crippen LogP contribution in [0.2, 0.25) is 0 Å². The second-order valence-electron chi connectivity index (χ2n) is 4.72. The Balaban J connectivity index is 1.97. The van der Waals surface area contributed by atoms with E-state index in [1.807, 2.05) is 30.3 Å². The van der Waals surface area contributed by atoms with Gasteiger partial charge in [-0.3, -0.25) is 5.41 Å². The minimum absolute atomic E-state index is 0.0572. The van der Waals surface area contributed by atoms with Crippen molar-refractivity contribution in [2.45, 2.75) is 12.5 Å². The third-order valence-electron chi connectivity index (χ3n) is 3.26. The molecule has 6 nitrogen and oxygen atoms in total. The summed E-state index contributed by atoms with van der Waals surface area (Å²) in [5, 5.41) is 7.35. The highest BCUT2D eigenvalue weighted by Gasteiger charge is 2.30. The number of morpholine rings is 1. The summed E-state index contributed by atoms with van der Waals surface area (Å²) in [5.74, 6) is -0.0743. The van der Waals surface area contributed by atoms with Crippen molar-refractivity contribution in [2.75, 3.05) is 25.4 Å². The Morgan fingerprint density at radius 2 is 2.10 bits per heavy atom. The fourth-order valence-electron chi connectivity index (χ4n) is 2.09. The molecule has 1 aliphatic heterocycles. The third kappa shape index (κ3) is 3.78. The second-order valence-corrected chi connectivity index (χ2v) is 6.81. The van der Waals surface area contributed by atoms with E-state index >= 15 is 0 Å². The molecule has 3 N–H and O–H groups in total. The lowest BCUT2D eigenvalue weighted by molar-refractivity contribution is 0.0368. The van der Waals surface area contributed by atoms with Crippen LogP contribution < -0.4 is 5.73 Å². The van der Waals surface area contributed by atoms with Crippen LogP contribution in [-0.4, -0.2) is 50.1 Å². The van der Waals surface area contributed by atoms with Crippen molar-refractivity contribution < 1.29 is 13.2 Å². The normalized spacial score (nSPS) is 20.7. The van der Waals surface area contributed by atoms with Crippen LogP contribution in [0.4, 0.5) is 0 Å². The average molecular weight is 297 g/mol. The number of nitrogens with two attached hydrogens (primary N) is 1. The fraction of sp³-hybridized carbons (Fsp3) is 0.462. The molecule has 20 heavy (non-hydrogen) atoms. The minimum atomic E-state index is -3.35. The Hall–Kier alpha value is -1.44. The largest absolute Gasteiger partial charge is 0.385 e. The van der Waals surface area contributed by atoms with Crippen molar-refractivity contribution in [1.82, 2.24) is 4.31 Å². The quantitative estimate of drug-likeness (QED) is 0.599. The predicted octanol–water partition coefficient (Wildman–Crippen LogP) is 0.196. The highest BCUT2D eigenvalue weighted by molar-refractivity contribution is 7.89. The Morgan fingerprint density at radius 3 is 2.75 bits per heavy atom. The highest BCUT2D eigenvalue weighted by atomic mass is 32.2. The van der Waals surface area contributed by atoms with Crippen LogP contribution in [-0.2, 0) is 21.2 Å². The summed E-state index contributed by atoms with van der Waals surface area (Å²) in [6, 6.07) is 9.50. The first kappa shape index (κ1) is 15.0. The molecule has 0 saturated carbocycles. The molecular formula is C13H19N3O3S. The molecule has 1 unspecified atom stereocenters. The molecule has 110 valence electrons. The van der Waals surface area contributed by atoms with Gasteiger partial charge in [0.1, 0.15) is 11.9 Å². The molecule has 2 rings (SSSR count). The number of aryl methyl sites for hydroxylation is 1. The standard InChI is InChI=1S/C13H19N3O3S/c14-13(15)12-10-16(7-8-19-12)20(17,18)9-6-11-4-2-1-3-5-11/h1-5,12H,6-10H2,(H3,14,15). The van der Waals surface area contributed by atoms with Gasteiger partial charge in [-0.05, 0) is 12.0 Å². The molecule has 1 atom stereocenters. The van der Waals surface area contributed by atoms with Crippen LogP contribution in [0.3, 0.4) is 0 Å². The van der Waals surface area contributed by atoms with E-state index in [-0.39, 0.29) is 24.7 Å². The van der Waals surface area contributed by atoms with Crippen LogP contribution in [0, 0.1) is 5.41 Å². The zero-order valence-electron chi connectivity index (χ0n) is 11.2. The summed E-state index contributed by atoms with van der Waals surface area (Å²) in [4.78, 5) is 0. The number of hydrogen-bond donors (Lipinski definition) is 2. The van der Waals surface area contributed by atoms with Gasteiger partial charge in [-0.25, -0.2) is 8.42 Å². The lowest BCUT2D eigenvalue weighted by Gasteiger charge is -2.31. The number of benzene rings is 1. The molecule has 1 aromatic carbocycles. The van der Waals surface area contributed by atoms with Gasteiger partial charge in [0.25, 0.3) is 0 Å². The number of rotatable bonds is 5. The molecule has 1 heterocycles. The molecule has 1 saturated heterocycles. The molecule has 0 aromatic heterocycles. The van der Waals surface area contributed by atoms with Crippen molar-refractivity contribution in [3.63, 3.8) is 0 Å². The molecule has 0 amide bonds. The topological polar surface area (TPSA) is 96.5 Å². The molecule has 1 aromatic rings. The summed E-state index contributed by atoms with van der Waals surface area (Å²) in [5.41, 5.74) is 6.37. The number of ether oxygens (including phenoxy) is 1. The zero-order chi connectivity index (χ0) is 14.6. The van der Waals surface area contributed by atoms with E-state index in [1.165, 1.54) is 4.31 Å². The summed E-state index contributed by atoms with van der Waals surface area (Å²) in [6.07, 6.45) is -0.152. The fourth-order valence-corrected chi connectivity index (χ4v) is 3.55. The van der Waals surface area contributed by atoms with Gasteiger partial charge < -0.3 is 10.5 Å². The van der Waals surface area contributed by atoms with Crippen molar-refractivity contribution in [3.05, 3.63) is 35.9 Å². The Kier molecular flexibility index (Phi) is 4.74. The maximum absolute atomic E-state index is 12.3. The number of sulfonamides is 1. The predicted molar refractivity (Wildman–Crippen MR) is 77.2 cm³/mol. The number of hydrogen-bond acceptors (Lipinski definition) is 4. The van der Waals surface area contributed by atoms with Gasteiger partial charge in [0.2, 0.25) is 10.0 Å². The molecular weight excluding hydrogens is 278 g/mol. The minimum Gasteiger partial charge on any atom is -0.385 e. The van der Waals surface area contributed by atoms with Crippen LogP contribution in [0.25, 0.3) is 0 Å². The average Bonchev–Trinajstić information content (AvgIpc) is 2.46. The molecule has 0 bridgehead atoms. The monoisotopic (exact) mass is 297 g/mol. The van der Waals surface area contributed by atoms with Gasteiger partial charge in [-0.15, -0.1) is 0 Å². The first-order valence-corrected chi connectivity index (χ1v) is 8.07. The molecule has 0 radical (unpaired) electrons. The van der Waals surface area contributed by atoms with Gasteiger partial charge in [0, 0.05) is 13.1 Å². The summed E-state index contributed by atoms with van der Waals surface area (Å²) in [6.45, 7) is 0.724. The van der Waals surface area contributed by atoms with E-state index in [0.717, 1.165) is 5.56 Å². The molecule has 1 aliphatic rings. The maximum Gasteiger partial charge on any atom is 0.214 e. The Morgan fingerprint density at radius 1 is 1.40 bits per heavy atom. The summed E-state index contributed by atoms with van der Waals surface area (Å²) < 4.78 is 31.2. The lowest BCUT2D eigenvalue weighted by Crippen LogP contribution is -2.50. The Labute approximate surface area is 119 Å². The molecule has 0 spiro atoms. The van der Waals surface area contributed by atoms with E-state index in [0.29, 0.717) is 13.0 Å². The number of nitrogens with zero attached hydrogens (tertiary/aromatic N) is 1. The van der Waals surface area contributed by atoms with Crippen molar-refractivity contribution in [2.24, 2.45) is 5.73 Å². The van der Waals surface area contributed by atoms with Crippen LogP contribution in [0.15, 0.2) is 30.3 Å². The highest BCUT2D eigenvalue weighted by Crippen LogP contribution is 2.12. The van der Waals surface area contributed by atoms with Crippen LogP contribution in [0.1, 0.15) is 5.56 Å². The lowest BCUT2D eigenvalue weighted by atomic mass is 10.2. The van der Waals surface area contributed by atoms with Gasteiger partial charge >= 0.3 is 0 Å². The summed E-state index contributed by atoms with van der Waals surface area (Å²) >= 11 is 0. The molecule has 1 fully saturated rings. The first-order chi connectivity index (χ1) is 9.49. The van der Waals surface area contributed by atoms with Crippen LogP contribution in [0.5, 0.6) is 0 Å². The smallest absolute Gasteiger partial charge is 0.214 e. The van der Waals surface area contributed by atoms with E-state index in [1.54, 1.807) is 0 Å². The van der Waals surface area contributed by atoms with Crippen molar-refractivity contribution >= 4 is 15.9 Å². The van der Waals surface area contributed by atoms with Crippen molar-refractivity contribution in [1.29, 1.82) is 5.41 Å². The van der Waals surface area contributed by atoms with E-state index in [9.17, 15) is 8.42 Å². The Bertz CT molecular complexity index is 559. The second kappa shape index (κ2) is 6.34. The number of amidine groups is 1. The SMILES string of the molecule is N=C(N)C1CN(S(=O)(=O)CCc2ccccc2)CCO1. The van der Waals surface area contributed by atoms with Gasteiger partial charge in [0.05, 0.1) is 12.4 Å². The first-order valence-electron chi connectivity index (χ1n) is 6.46. The van der Waals surface area contributed by atoms with Gasteiger partial charge in [-0.2, -0.15) is 4.31 Å². The summed E-state index contributed by atoms with van der Waals surface area (Å²) in [7, 11) is -3.35. The van der Waals surface area contributed by atoms with E-state index in [2.05, 4.69) is 0 Å². The zero-order valence-corrected chi connectivity index (χ0v) is 12.0. The van der Waals surface area contributed by atoms with Gasteiger partial charge in [0.15, 0.2) is 0 Å². The van der Waals surface area contributed by atoms with E-state index < -0.39 is 16.1 Å².